The maximum absolute atomic E-state index is 12.5. The van der Waals surface area contributed by atoms with Crippen molar-refractivity contribution in [3.8, 4) is 11.3 Å². The number of imidazole rings is 1. The Labute approximate surface area is 166 Å². The summed E-state index contributed by atoms with van der Waals surface area (Å²) in [5, 5.41) is 2.96. The molecule has 2 aromatic heterocycles. The molecule has 2 heterocycles. The van der Waals surface area contributed by atoms with Crippen molar-refractivity contribution >= 4 is 33.2 Å². The normalized spacial score (nSPS) is 10.9. The van der Waals surface area contributed by atoms with E-state index in [0.717, 1.165) is 32.8 Å². The number of amides is 1. The van der Waals surface area contributed by atoms with Gasteiger partial charge in [0.15, 0.2) is 0 Å². The van der Waals surface area contributed by atoms with Crippen LogP contribution in [0.4, 0.5) is 5.69 Å². The number of rotatable bonds is 5. The Morgan fingerprint density at radius 3 is 2.52 bits per heavy atom. The van der Waals surface area contributed by atoms with Gasteiger partial charge in [0.2, 0.25) is 5.91 Å². The lowest BCUT2D eigenvalue weighted by Gasteiger charge is -2.08. The fourth-order valence-electron chi connectivity index (χ4n) is 3.12. The van der Waals surface area contributed by atoms with Gasteiger partial charge in [-0.15, -0.1) is 0 Å². The van der Waals surface area contributed by atoms with E-state index in [9.17, 15) is 4.79 Å². The molecule has 4 rings (SSSR count). The minimum atomic E-state index is -0.0215. The van der Waals surface area contributed by atoms with E-state index in [1.165, 1.54) is 0 Å². The van der Waals surface area contributed by atoms with E-state index in [4.69, 9.17) is 4.98 Å². The molecular formula is C22H18BrN3O. The number of halogens is 1. The van der Waals surface area contributed by atoms with Gasteiger partial charge in [-0.2, -0.15) is 0 Å². The number of aromatic nitrogens is 2. The molecule has 0 spiro atoms. The summed E-state index contributed by atoms with van der Waals surface area (Å²) in [5.74, 6) is -0.0215. The van der Waals surface area contributed by atoms with E-state index in [2.05, 4.69) is 25.6 Å². The van der Waals surface area contributed by atoms with Crippen LogP contribution in [0.5, 0.6) is 0 Å². The van der Waals surface area contributed by atoms with Gasteiger partial charge in [-0.05, 0) is 46.6 Å². The minimum absolute atomic E-state index is 0.0215. The number of nitrogens with zero attached hydrogens (tertiary/aromatic N) is 2. The molecule has 5 heteroatoms. The van der Waals surface area contributed by atoms with Crippen molar-refractivity contribution in [3.63, 3.8) is 0 Å². The number of nitrogens with one attached hydrogen (secondary N) is 1. The van der Waals surface area contributed by atoms with Crippen LogP contribution in [0.3, 0.4) is 0 Å². The second-order valence-corrected chi connectivity index (χ2v) is 7.08. The van der Waals surface area contributed by atoms with Crippen molar-refractivity contribution in [1.82, 2.24) is 9.38 Å². The van der Waals surface area contributed by atoms with Crippen molar-refractivity contribution in [2.24, 2.45) is 0 Å². The molecule has 2 aromatic carbocycles. The summed E-state index contributed by atoms with van der Waals surface area (Å²) in [7, 11) is 0. The highest BCUT2D eigenvalue weighted by atomic mass is 79.9. The standard InChI is InChI=1S/C22H18BrN3O/c23-17-10-4-5-11-18(17)24-21(27)14-13-19-22(16-8-2-1-3-9-16)25-20-12-6-7-15-26(19)20/h1-12,15H,13-14H2,(H,24,27). The van der Waals surface area contributed by atoms with Gasteiger partial charge in [0.05, 0.1) is 17.1 Å². The zero-order chi connectivity index (χ0) is 18.6. The molecule has 4 nitrogen and oxygen atoms in total. The fourth-order valence-corrected chi connectivity index (χ4v) is 3.50. The lowest BCUT2D eigenvalue weighted by Crippen LogP contribution is -2.13. The molecule has 134 valence electrons. The second-order valence-electron chi connectivity index (χ2n) is 6.23. The number of benzene rings is 2. The summed E-state index contributed by atoms with van der Waals surface area (Å²) in [6.07, 6.45) is 2.98. The Bertz CT molecular complexity index is 1090. The van der Waals surface area contributed by atoms with Crippen LogP contribution in [-0.4, -0.2) is 15.3 Å². The number of para-hydroxylation sites is 1. The molecule has 1 amide bonds. The summed E-state index contributed by atoms with van der Waals surface area (Å²) >= 11 is 3.46. The molecule has 0 atom stereocenters. The summed E-state index contributed by atoms with van der Waals surface area (Å²) in [5.41, 5.74) is 4.69. The Hall–Kier alpha value is -2.92. The predicted octanol–water partition coefficient (Wildman–Crippen LogP) is 5.34. The van der Waals surface area contributed by atoms with E-state index in [1.54, 1.807) is 0 Å². The molecule has 0 saturated carbocycles. The minimum Gasteiger partial charge on any atom is -0.325 e. The first-order chi connectivity index (χ1) is 13.2. The van der Waals surface area contributed by atoms with Crippen LogP contribution < -0.4 is 5.32 Å². The molecule has 0 fully saturated rings. The number of hydrogen-bond donors (Lipinski definition) is 1. The first kappa shape index (κ1) is 17.5. The highest BCUT2D eigenvalue weighted by Crippen LogP contribution is 2.26. The average Bonchev–Trinajstić information content (AvgIpc) is 3.07. The molecule has 0 aliphatic rings. The Morgan fingerprint density at radius 2 is 1.70 bits per heavy atom. The zero-order valence-electron chi connectivity index (χ0n) is 14.6. The number of carbonyl (C=O) groups is 1. The van der Waals surface area contributed by atoms with Gasteiger partial charge in [0.1, 0.15) is 5.65 Å². The molecule has 4 aromatic rings. The highest BCUT2D eigenvalue weighted by Gasteiger charge is 2.15. The van der Waals surface area contributed by atoms with Crippen molar-refractivity contribution in [2.75, 3.05) is 5.32 Å². The lowest BCUT2D eigenvalue weighted by molar-refractivity contribution is -0.116. The topological polar surface area (TPSA) is 46.4 Å². The van der Waals surface area contributed by atoms with Gasteiger partial charge < -0.3 is 9.72 Å². The molecule has 27 heavy (non-hydrogen) atoms. The number of aryl methyl sites for hydroxylation is 1. The second kappa shape index (κ2) is 7.76. The van der Waals surface area contributed by atoms with Crippen molar-refractivity contribution in [2.45, 2.75) is 12.8 Å². The van der Waals surface area contributed by atoms with Crippen molar-refractivity contribution in [1.29, 1.82) is 0 Å². The van der Waals surface area contributed by atoms with Gasteiger partial charge in [-0.3, -0.25) is 4.79 Å². The first-order valence-electron chi connectivity index (χ1n) is 8.78. The van der Waals surface area contributed by atoms with Gasteiger partial charge in [-0.25, -0.2) is 4.98 Å². The molecular weight excluding hydrogens is 402 g/mol. The molecule has 0 saturated heterocycles. The monoisotopic (exact) mass is 419 g/mol. The first-order valence-corrected chi connectivity index (χ1v) is 9.57. The van der Waals surface area contributed by atoms with Crippen molar-refractivity contribution in [3.05, 3.63) is 89.2 Å². The Balaban J connectivity index is 1.60. The van der Waals surface area contributed by atoms with Crippen molar-refractivity contribution < 1.29 is 4.79 Å². The van der Waals surface area contributed by atoms with Crippen LogP contribution in [0, 0.1) is 0 Å². The highest BCUT2D eigenvalue weighted by molar-refractivity contribution is 9.10. The third kappa shape index (κ3) is 3.78. The predicted molar refractivity (Wildman–Crippen MR) is 112 cm³/mol. The van der Waals surface area contributed by atoms with E-state index in [0.29, 0.717) is 12.8 Å². The van der Waals surface area contributed by atoms with Gasteiger partial charge in [0.25, 0.3) is 0 Å². The number of pyridine rings is 1. The summed E-state index contributed by atoms with van der Waals surface area (Å²) in [6.45, 7) is 0. The van der Waals surface area contributed by atoms with Crippen LogP contribution >= 0.6 is 15.9 Å². The van der Waals surface area contributed by atoms with Gasteiger partial charge in [-0.1, -0.05) is 48.5 Å². The number of fused-ring (bicyclic) bond motifs is 1. The number of carbonyl (C=O) groups excluding carboxylic acids is 1. The SMILES string of the molecule is O=C(CCc1c(-c2ccccc2)nc2ccccn12)Nc1ccccc1Br. The number of anilines is 1. The molecule has 0 aliphatic carbocycles. The molecule has 0 bridgehead atoms. The maximum Gasteiger partial charge on any atom is 0.224 e. The van der Waals surface area contributed by atoms with Gasteiger partial charge >= 0.3 is 0 Å². The van der Waals surface area contributed by atoms with Gasteiger partial charge in [0, 0.05) is 22.7 Å². The maximum atomic E-state index is 12.5. The summed E-state index contributed by atoms with van der Waals surface area (Å²) in [6, 6.07) is 23.6. The van der Waals surface area contributed by atoms with Crippen LogP contribution in [0.1, 0.15) is 12.1 Å². The Kier molecular flexibility index (Phi) is 5.03. The summed E-state index contributed by atoms with van der Waals surface area (Å²) < 4.78 is 2.94. The third-order valence-corrected chi connectivity index (χ3v) is 5.10. The smallest absolute Gasteiger partial charge is 0.224 e. The van der Waals surface area contributed by atoms with Crippen LogP contribution in [0.25, 0.3) is 16.9 Å². The number of hydrogen-bond acceptors (Lipinski definition) is 2. The summed E-state index contributed by atoms with van der Waals surface area (Å²) in [4.78, 5) is 17.3. The fraction of sp³-hybridized carbons (Fsp3) is 0.0909. The third-order valence-electron chi connectivity index (χ3n) is 4.41. The van der Waals surface area contributed by atoms with E-state index in [1.807, 2.05) is 79.0 Å². The van der Waals surface area contributed by atoms with E-state index >= 15 is 0 Å². The van der Waals surface area contributed by atoms with Crippen LogP contribution in [0.15, 0.2) is 83.5 Å². The molecule has 1 N–H and O–H groups in total. The van der Waals surface area contributed by atoms with E-state index < -0.39 is 0 Å². The van der Waals surface area contributed by atoms with Crippen LogP contribution in [0.2, 0.25) is 0 Å². The molecule has 0 radical (unpaired) electrons. The average molecular weight is 420 g/mol. The lowest BCUT2D eigenvalue weighted by atomic mass is 10.1. The molecule has 0 unspecified atom stereocenters. The van der Waals surface area contributed by atoms with E-state index in [-0.39, 0.29) is 5.91 Å². The zero-order valence-corrected chi connectivity index (χ0v) is 16.2. The Morgan fingerprint density at radius 1 is 0.963 bits per heavy atom. The van der Waals surface area contributed by atoms with Crippen LogP contribution in [-0.2, 0) is 11.2 Å². The molecule has 0 aliphatic heterocycles. The largest absolute Gasteiger partial charge is 0.325 e. The quantitative estimate of drug-likeness (QED) is 0.474.